The van der Waals surface area contributed by atoms with E-state index in [1.54, 1.807) is 18.2 Å². The summed E-state index contributed by atoms with van der Waals surface area (Å²) in [5.41, 5.74) is 1.05. The quantitative estimate of drug-likeness (QED) is 0.702. The van der Waals surface area contributed by atoms with Crippen LogP contribution in [0.15, 0.2) is 41.2 Å². The Morgan fingerprint density at radius 3 is 2.78 bits per heavy atom. The van der Waals surface area contributed by atoms with Crippen LogP contribution in [0, 0.1) is 17.7 Å². The summed E-state index contributed by atoms with van der Waals surface area (Å²) < 4.78 is 27.4. The molecule has 5 heteroatoms. The number of imidazole rings is 1. The van der Waals surface area contributed by atoms with Crippen molar-refractivity contribution in [3.05, 3.63) is 64.6 Å². The Morgan fingerprint density at radius 2 is 2.00 bits per heavy atom. The van der Waals surface area contributed by atoms with Crippen LogP contribution < -0.4 is 5.69 Å². The van der Waals surface area contributed by atoms with Gasteiger partial charge in [0.05, 0.1) is 16.7 Å². The molecule has 0 saturated heterocycles. The van der Waals surface area contributed by atoms with Crippen LogP contribution in [0.2, 0.25) is 0 Å². The largest absolute Gasteiger partial charge is 0.331 e. The number of hydrogen-bond acceptors (Lipinski definition) is 1. The maximum atomic E-state index is 13.2. The predicted octanol–water partition coefficient (Wildman–Crippen LogP) is 2.40. The highest BCUT2D eigenvalue weighted by molar-refractivity contribution is 5.76. The Morgan fingerprint density at radius 1 is 1.17 bits per heavy atom. The summed E-state index contributed by atoms with van der Waals surface area (Å²) in [7, 11) is 0. The summed E-state index contributed by atoms with van der Waals surface area (Å²) in [4.78, 5) is 14.4. The number of fused-ring (bicyclic) bond motifs is 1. The first kappa shape index (κ1) is 10.7. The third-order valence-electron chi connectivity index (χ3n) is 2.69. The molecule has 0 amide bonds. The summed E-state index contributed by atoms with van der Waals surface area (Å²) in [6, 6.07) is 11.1. The predicted molar refractivity (Wildman–Crippen MR) is 62.6 cm³/mol. The first-order chi connectivity index (χ1) is 8.66. The molecule has 0 aliphatic heterocycles. The Hall–Kier alpha value is -2.43. The molecule has 3 nitrogen and oxygen atoms in total. The fraction of sp³-hybridized carbons (Fsp3) is 0. The molecule has 1 aromatic heterocycles. The summed E-state index contributed by atoms with van der Waals surface area (Å²) in [6.45, 7) is 0. The van der Waals surface area contributed by atoms with E-state index in [9.17, 15) is 13.6 Å². The molecule has 0 aliphatic rings. The van der Waals surface area contributed by atoms with Gasteiger partial charge in [0.1, 0.15) is 0 Å². The average molecular weight is 245 g/mol. The summed E-state index contributed by atoms with van der Waals surface area (Å²) in [6.07, 6.45) is 0. The van der Waals surface area contributed by atoms with Gasteiger partial charge in [-0.3, -0.25) is 4.57 Å². The second-order valence-corrected chi connectivity index (χ2v) is 3.81. The van der Waals surface area contributed by atoms with Crippen LogP contribution in [0.5, 0.6) is 0 Å². The van der Waals surface area contributed by atoms with Gasteiger partial charge in [0, 0.05) is 6.07 Å². The molecule has 0 atom stereocenters. The van der Waals surface area contributed by atoms with Crippen LogP contribution in [0.25, 0.3) is 16.7 Å². The number of rotatable bonds is 1. The Bertz CT molecular complexity index is 789. The SMILES string of the molecule is O=c1[nH]c2c[c]ccc2n1-c1ccc(F)c(F)c1. The van der Waals surface area contributed by atoms with Crippen molar-refractivity contribution >= 4 is 11.0 Å². The van der Waals surface area contributed by atoms with E-state index in [-0.39, 0.29) is 5.69 Å². The number of benzene rings is 2. The van der Waals surface area contributed by atoms with Gasteiger partial charge in [-0.1, -0.05) is 6.07 Å². The van der Waals surface area contributed by atoms with Gasteiger partial charge in [0.25, 0.3) is 0 Å². The molecule has 0 spiro atoms. The minimum Gasteiger partial charge on any atom is -0.305 e. The smallest absolute Gasteiger partial charge is 0.305 e. The molecule has 3 aromatic rings. The number of halogens is 2. The number of aromatic amines is 1. The van der Waals surface area contributed by atoms with Gasteiger partial charge < -0.3 is 4.98 Å². The summed E-state index contributed by atoms with van der Waals surface area (Å²) >= 11 is 0. The van der Waals surface area contributed by atoms with Crippen LogP contribution in [0.3, 0.4) is 0 Å². The third kappa shape index (κ3) is 1.52. The lowest BCUT2D eigenvalue weighted by Crippen LogP contribution is -2.14. The minimum absolute atomic E-state index is 0.274. The fourth-order valence-electron chi connectivity index (χ4n) is 1.88. The maximum absolute atomic E-state index is 13.2. The van der Waals surface area contributed by atoms with Gasteiger partial charge in [-0.15, -0.1) is 0 Å². The first-order valence-electron chi connectivity index (χ1n) is 5.23. The van der Waals surface area contributed by atoms with Crippen LogP contribution in [-0.4, -0.2) is 9.55 Å². The van der Waals surface area contributed by atoms with Crippen molar-refractivity contribution in [1.82, 2.24) is 9.55 Å². The lowest BCUT2D eigenvalue weighted by Gasteiger charge is -2.03. The van der Waals surface area contributed by atoms with E-state index < -0.39 is 17.3 Å². The molecule has 0 saturated carbocycles. The van der Waals surface area contributed by atoms with Crippen molar-refractivity contribution in [2.24, 2.45) is 0 Å². The molecule has 3 rings (SSSR count). The van der Waals surface area contributed by atoms with Gasteiger partial charge in [0.2, 0.25) is 0 Å². The highest BCUT2D eigenvalue weighted by Gasteiger charge is 2.10. The highest BCUT2D eigenvalue weighted by Crippen LogP contribution is 2.17. The van der Waals surface area contributed by atoms with Crippen molar-refractivity contribution in [3.63, 3.8) is 0 Å². The van der Waals surface area contributed by atoms with Gasteiger partial charge in [-0.05, 0) is 30.3 Å². The van der Waals surface area contributed by atoms with Crippen molar-refractivity contribution in [1.29, 1.82) is 0 Å². The van der Waals surface area contributed by atoms with E-state index >= 15 is 0 Å². The van der Waals surface area contributed by atoms with Crippen LogP contribution in [0.4, 0.5) is 8.78 Å². The van der Waals surface area contributed by atoms with Gasteiger partial charge in [0.15, 0.2) is 11.6 Å². The third-order valence-corrected chi connectivity index (χ3v) is 2.69. The van der Waals surface area contributed by atoms with Crippen LogP contribution in [0.1, 0.15) is 0 Å². The van der Waals surface area contributed by atoms with E-state index in [0.29, 0.717) is 11.0 Å². The number of nitrogens with one attached hydrogen (secondary N) is 1. The zero-order valence-electron chi connectivity index (χ0n) is 9.08. The second-order valence-electron chi connectivity index (χ2n) is 3.81. The average Bonchev–Trinajstić information content (AvgIpc) is 2.69. The van der Waals surface area contributed by atoms with Gasteiger partial charge in [-0.2, -0.15) is 0 Å². The van der Waals surface area contributed by atoms with E-state index in [4.69, 9.17) is 0 Å². The second kappa shape index (κ2) is 3.80. The molecule has 2 aromatic carbocycles. The number of nitrogens with zero attached hydrogens (tertiary/aromatic N) is 1. The van der Waals surface area contributed by atoms with E-state index in [1.807, 2.05) is 0 Å². The molecule has 89 valence electrons. The standard InChI is InChI=1S/C13H7F2N2O/c14-9-6-5-8(7-10(9)15)17-12-4-2-1-3-11(12)16-13(17)18/h2-7H,(H,16,18). The Balaban J connectivity index is 2.34. The molecule has 1 N–H and O–H groups in total. The molecular weight excluding hydrogens is 238 g/mol. The minimum atomic E-state index is -0.990. The van der Waals surface area contributed by atoms with E-state index in [1.165, 1.54) is 10.6 Å². The molecule has 0 fully saturated rings. The van der Waals surface area contributed by atoms with Gasteiger partial charge in [-0.25, -0.2) is 13.6 Å². The molecule has 0 bridgehead atoms. The Kier molecular flexibility index (Phi) is 2.26. The first-order valence-corrected chi connectivity index (χ1v) is 5.23. The molecular formula is C13H7F2N2O. The molecule has 0 unspecified atom stereocenters. The van der Waals surface area contributed by atoms with Crippen molar-refractivity contribution in [2.45, 2.75) is 0 Å². The summed E-state index contributed by atoms with van der Waals surface area (Å²) in [5.74, 6) is -1.93. The highest BCUT2D eigenvalue weighted by atomic mass is 19.2. The number of hydrogen-bond donors (Lipinski definition) is 1. The zero-order chi connectivity index (χ0) is 12.7. The van der Waals surface area contributed by atoms with Crippen LogP contribution in [-0.2, 0) is 0 Å². The fourth-order valence-corrected chi connectivity index (χ4v) is 1.88. The van der Waals surface area contributed by atoms with Gasteiger partial charge >= 0.3 is 5.69 Å². The van der Waals surface area contributed by atoms with E-state index in [2.05, 4.69) is 11.1 Å². The molecule has 18 heavy (non-hydrogen) atoms. The van der Waals surface area contributed by atoms with Crippen LogP contribution >= 0.6 is 0 Å². The van der Waals surface area contributed by atoms with Crippen molar-refractivity contribution in [3.8, 4) is 5.69 Å². The van der Waals surface area contributed by atoms with Crippen molar-refractivity contribution in [2.75, 3.05) is 0 Å². The summed E-state index contributed by atoms with van der Waals surface area (Å²) in [5, 5.41) is 0. The molecule has 1 radical (unpaired) electrons. The maximum Gasteiger partial charge on any atom is 0.331 e. The number of H-pyrrole nitrogens is 1. The molecule has 0 aliphatic carbocycles. The normalized spacial score (nSPS) is 11.0. The molecule has 1 heterocycles. The lowest BCUT2D eigenvalue weighted by atomic mass is 10.2. The van der Waals surface area contributed by atoms with E-state index in [0.717, 1.165) is 12.1 Å². The Labute approximate surface area is 100 Å². The zero-order valence-corrected chi connectivity index (χ0v) is 9.08. The number of aromatic nitrogens is 2. The topological polar surface area (TPSA) is 37.8 Å². The van der Waals surface area contributed by atoms with Crippen molar-refractivity contribution < 1.29 is 8.78 Å². The monoisotopic (exact) mass is 245 g/mol. The lowest BCUT2D eigenvalue weighted by molar-refractivity contribution is 0.508.